The molecule has 0 heterocycles. The Balaban J connectivity index is 2.50. The van der Waals surface area contributed by atoms with E-state index in [1.54, 1.807) is 0 Å². The largest absolute Gasteiger partial charge is 0.444 e. The first-order valence-corrected chi connectivity index (χ1v) is 6.61. The zero-order valence-electron chi connectivity index (χ0n) is 12.2. The first-order valence-electron chi connectivity index (χ1n) is 6.61. The summed E-state index contributed by atoms with van der Waals surface area (Å²) in [5.41, 5.74) is 7.19. The van der Waals surface area contributed by atoms with Crippen LogP contribution in [0.1, 0.15) is 39.7 Å². The smallest absolute Gasteiger partial charge is 0.412 e. The van der Waals surface area contributed by atoms with Gasteiger partial charge in [-0.25, -0.2) is 4.79 Å². The van der Waals surface area contributed by atoms with E-state index in [9.17, 15) is 4.79 Å². The van der Waals surface area contributed by atoms with Crippen LogP contribution in [0.15, 0.2) is 24.3 Å². The number of carbonyl (C=O) groups is 1. The van der Waals surface area contributed by atoms with Gasteiger partial charge in [0.05, 0.1) is 0 Å². The molecule has 19 heavy (non-hydrogen) atoms. The molecule has 4 heteroatoms. The minimum absolute atomic E-state index is 0.208. The third kappa shape index (κ3) is 6.82. The van der Waals surface area contributed by atoms with Crippen molar-refractivity contribution in [3.63, 3.8) is 0 Å². The quantitative estimate of drug-likeness (QED) is 0.876. The van der Waals surface area contributed by atoms with E-state index in [1.165, 1.54) is 5.56 Å². The number of nitrogens with two attached hydrogens (primary N) is 1. The number of hydrogen-bond acceptors (Lipinski definition) is 3. The van der Waals surface area contributed by atoms with Gasteiger partial charge in [0.15, 0.2) is 0 Å². The maximum Gasteiger partial charge on any atom is 0.412 e. The highest BCUT2D eigenvalue weighted by Crippen LogP contribution is 2.14. The van der Waals surface area contributed by atoms with E-state index in [0.29, 0.717) is 0 Å². The van der Waals surface area contributed by atoms with E-state index < -0.39 is 11.7 Å². The van der Waals surface area contributed by atoms with Crippen molar-refractivity contribution >= 4 is 11.8 Å². The number of ether oxygens (including phenoxy) is 1. The van der Waals surface area contributed by atoms with Crippen LogP contribution in [-0.2, 0) is 11.2 Å². The fraction of sp³-hybridized carbons (Fsp3) is 0.533. The van der Waals surface area contributed by atoms with Crippen LogP contribution in [0.2, 0.25) is 0 Å². The Hall–Kier alpha value is -1.55. The average molecular weight is 264 g/mol. The second-order valence-corrected chi connectivity index (χ2v) is 5.84. The molecule has 0 fully saturated rings. The number of amides is 1. The lowest BCUT2D eigenvalue weighted by atomic mass is 10.1. The lowest BCUT2D eigenvalue weighted by Gasteiger charge is -2.19. The van der Waals surface area contributed by atoms with Crippen molar-refractivity contribution in [2.45, 2.75) is 52.2 Å². The molecule has 0 saturated carbocycles. The third-order valence-electron chi connectivity index (χ3n) is 2.49. The second-order valence-electron chi connectivity index (χ2n) is 5.84. The number of hydrogen-bond donors (Lipinski definition) is 2. The SMILES string of the molecule is C[C@@H](N)CCc1ccc(NC(=O)OC(C)(C)C)cc1. The molecule has 0 radical (unpaired) electrons. The van der Waals surface area contributed by atoms with Crippen molar-refractivity contribution in [3.8, 4) is 0 Å². The molecule has 106 valence electrons. The van der Waals surface area contributed by atoms with Gasteiger partial charge in [-0.05, 0) is 58.2 Å². The molecule has 0 bridgehead atoms. The highest BCUT2D eigenvalue weighted by molar-refractivity contribution is 5.84. The summed E-state index contributed by atoms with van der Waals surface area (Å²) >= 11 is 0. The Bertz CT molecular complexity index is 405. The first-order chi connectivity index (χ1) is 8.76. The molecular formula is C15H24N2O2. The molecule has 4 nitrogen and oxygen atoms in total. The lowest BCUT2D eigenvalue weighted by molar-refractivity contribution is 0.0636. The summed E-state index contributed by atoms with van der Waals surface area (Å²) in [6.45, 7) is 7.51. The molecule has 0 aliphatic carbocycles. The van der Waals surface area contributed by atoms with E-state index in [2.05, 4.69) is 5.32 Å². The van der Waals surface area contributed by atoms with Crippen molar-refractivity contribution in [3.05, 3.63) is 29.8 Å². The van der Waals surface area contributed by atoms with Gasteiger partial charge in [-0.3, -0.25) is 5.32 Å². The fourth-order valence-corrected chi connectivity index (χ4v) is 1.57. The van der Waals surface area contributed by atoms with Crippen LogP contribution in [0.5, 0.6) is 0 Å². The summed E-state index contributed by atoms with van der Waals surface area (Å²) in [6, 6.07) is 7.95. The predicted molar refractivity (Wildman–Crippen MR) is 78.3 cm³/mol. The van der Waals surface area contributed by atoms with Gasteiger partial charge in [0.2, 0.25) is 0 Å². The van der Waals surface area contributed by atoms with E-state index in [4.69, 9.17) is 10.5 Å². The van der Waals surface area contributed by atoms with Crippen LogP contribution in [-0.4, -0.2) is 17.7 Å². The van der Waals surface area contributed by atoms with E-state index in [1.807, 2.05) is 52.0 Å². The number of nitrogens with one attached hydrogen (secondary N) is 1. The van der Waals surface area contributed by atoms with Gasteiger partial charge in [-0.1, -0.05) is 12.1 Å². The van der Waals surface area contributed by atoms with Gasteiger partial charge in [-0.15, -0.1) is 0 Å². The number of carbonyl (C=O) groups excluding carboxylic acids is 1. The van der Waals surface area contributed by atoms with Crippen molar-refractivity contribution in [1.82, 2.24) is 0 Å². The van der Waals surface area contributed by atoms with Crippen LogP contribution in [0.25, 0.3) is 0 Å². The van der Waals surface area contributed by atoms with E-state index in [0.717, 1.165) is 18.5 Å². The zero-order valence-corrected chi connectivity index (χ0v) is 12.2. The van der Waals surface area contributed by atoms with Crippen LogP contribution < -0.4 is 11.1 Å². The number of rotatable bonds is 4. The zero-order chi connectivity index (χ0) is 14.5. The summed E-state index contributed by atoms with van der Waals surface area (Å²) in [5.74, 6) is 0. The Morgan fingerprint density at radius 1 is 1.32 bits per heavy atom. The topological polar surface area (TPSA) is 64.3 Å². The molecule has 1 aromatic carbocycles. The Morgan fingerprint density at radius 3 is 2.37 bits per heavy atom. The van der Waals surface area contributed by atoms with Crippen LogP contribution in [0, 0.1) is 0 Å². The van der Waals surface area contributed by atoms with Crippen LogP contribution >= 0.6 is 0 Å². The Morgan fingerprint density at radius 2 is 1.89 bits per heavy atom. The number of anilines is 1. The van der Waals surface area contributed by atoms with Crippen LogP contribution in [0.4, 0.5) is 10.5 Å². The molecule has 1 rings (SSSR count). The maximum absolute atomic E-state index is 11.6. The van der Waals surface area contributed by atoms with E-state index >= 15 is 0 Å². The molecule has 0 aliphatic heterocycles. The van der Waals surface area contributed by atoms with Crippen LogP contribution in [0.3, 0.4) is 0 Å². The van der Waals surface area contributed by atoms with E-state index in [-0.39, 0.29) is 6.04 Å². The molecule has 0 aromatic heterocycles. The van der Waals surface area contributed by atoms with Crippen molar-refractivity contribution < 1.29 is 9.53 Å². The van der Waals surface area contributed by atoms with Crippen molar-refractivity contribution in [2.75, 3.05) is 5.32 Å². The predicted octanol–water partition coefficient (Wildman–Crippen LogP) is 3.31. The van der Waals surface area contributed by atoms with Gasteiger partial charge in [0.25, 0.3) is 0 Å². The lowest BCUT2D eigenvalue weighted by Crippen LogP contribution is -2.27. The van der Waals surface area contributed by atoms with Crippen molar-refractivity contribution in [1.29, 1.82) is 0 Å². The van der Waals surface area contributed by atoms with Gasteiger partial charge >= 0.3 is 6.09 Å². The summed E-state index contributed by atoms with van der Waals surface area (Å²) < 4.78 is 5.18. The molecule has 1 amide bonds. The highest BCUT2D eigenvalue weighted by atomic mass is 16.6. The van der Waals surface area contributed by atoms with Crippen molar-refractivity contribution in [2.24, 2.45) is 5.73 Å². The maximum atomic E-state index is 11.6. The second kappa shape index (κ2) is 6.57. The number of benzene rings is 1. The summed E-state index contributed by atoms with van der Waals surface area (Å²) in [7, 11) is 0. The Kier molecular flexibility index (Phi) is 5.36. The fourth-order valence-electron chi connectivity index (χ4n) is 1.57. The summed E-state index contributed by atoms with van der Waals surface area (Å²) in [4.78, 5) is 11.6. The average Bonchev–Trinajstić information content (AvgIpc) is 2.25. The number of aryl methyl sites for hydroxylation is 1. The first kappa shape index (κ1) is 15.5. The normalized spacial score (nSPS) is 12.9. The molecular weight excluding hydrogens is 240 g/mol. The van der Waals surface area contributed by atoms with Gasteiger partial charge in [0.1, 0.15) is 5.60 Å². The van der Waals surface area contributed by atoms with Gasteiger partial charge in [-0.2, -0.15) is 0 Å². The molecule has 0 unspecified atom stereocenters. The van der Waals surface area contributed by atoms with Gasteiger partial charge < -0.3 is 10.5 Å². The molecule has 1 atom stereocenters. The summed E-state index contributed by atoms with van der Waals surface area (Å²) in [5, 5.41) is 2.70. The van der Waals surface area contributed by atoms with Gasteiger partial charge in [0, 0.05) is 11.7 Å². The minimum atomic E-state index is -0.485. The molecule has 1 aromatic rings. The minimum Gasteiger partial charge on any atom is -0.444 e. The molecule has 0 saturated heterocycles. The molecule has 0 aliphatic rings. The molecule has 0 spiro atoms. The third-order valence-corrected chi connectivity index (χ3v) is 2.49. The summed E-state index contributed by atoms with van der Waals surface area (Å²) in [6.07, 6.45) is 1.47. The standard InChI is InChI=1S/C15H24N2O2/c1-11(16)5-6-12-7-9-13(10-8-12)17-14(18)19-15(2,3)4/h7-11H,5-6,16H2,1-4H3,(H,17,18)/t11-/m1/s1. The molecule has 3 N–H and O–H groups in total. The Labute approximate surface area is 115 Å². The monoisotopic (exact) mass is 264 g/mol. The highest BCUT2D eigenvalue weighted by Gasteiger charge is 2.15.